The van der Waals surface area contributed by atoms with E-state index in [1.165, 1.54) is 18.1 Å². The van der Waals surface area contributed by atoms with Crippen LogP contribution in [0.5, 0.6) is 0 Å². The minimum atomic E-state index is 0.0493. The van der Waals surface area contributed by atoms with Crippen LogP contribution in [0.4, 0.5) is 5.69 Å². The molecular formula is C14H17N5OS. The van der Waals surface area contributed by atoms with Crippen LogP contribution in [0, 0.1) is 11.8 Å². The van der Waals surface area contributed by atoms with E-state index in [9.17, 15) is 4.79 Å². The first kappa shape index (κ1) is 14.1. The summed E-state index contributed by atoms with van der Waals surface area (Å²) >= 11 is 1.50. The number of H-pyrrole nitrogens is 1. The first-order valence-electron chi connectivity index (χ1n) is 6.87. The number of hydrogen-bond acceptors (Lipinski definition) is 5. The number of aromatic nitrogens is 3. The summed E-state index contributed by atoms with van der Waals surface area (Å²) in [7, 11) is 0. The molecule has 1 saturated heterocycles. The highest BCUT2D eigenvalue weighted by Gasteiger charge is 2.29. The molecule has 6 nitrogen and oxygen atoms in total. The number of rotatable bonds is 4. The third-order valence-corrected chi connectivity index (χ3v) is 4.48. The van der Waals surface area contributed by atoms with E-state index in [1.54, 1.807) is 0 Å². The van der Waals surface area contributed by atoms with Gasteiger partial charge < -0.3 is 10.6 Å². The SMILES string of the molecule is CC1CNCC1C(=O)Nc1ccc(Sc2ncn[nH]2)cc1. The lowest BCUT2D eigenvalue weighted by Gasteiger charge is -2.14. The molecule has 0 saturated carbocycles. The van der Waals surface area contributed by atoms with Crippen LogP contribution < -0.4 is 10.6 Å². The maximum absolute atomic E-state index is 12.2. The van der Waals surface area contributed by atoms with Crippen molar-refractivity contribution in [3.8, 4) is 0 Å². The standard InChI is InChI=1S/C14H17N5OS/c1-9-6-15-7-12(9)13(20)18-10-2-4-11(5-3-10)21-14-16-8-17-19-14/h2-5,8-9,12,15H,6-7H2,1H3,(H,18,20)(H,16,17,19). The number of aromatic amines is 1. The van der Waals surface area contributed by atoms with E-state index in [1.807, 2.05) is 24.3 Å². The minimum absolute atomic E-state index is 0.0493. The van der Waals surface area contributed by atoms with E-state index in [0.29, 0.717) is 5.92 Å². The van der Waals surface area contributed by atoms with Gasteiger partial charge in [0, 0.05) is 17.1 Å². The molecule has 1 aliphatic rings. The average molecular weight is 303 g/mol. The summed E-state index contributed by atoms with van der Waals surface area (Å²) in [4.78, 5) is 17.3. The van der Waals surface area contributed by atoms with Gasteiger partial charge in [-0.25, -0.2) is 4.98 Å². The van der Waals surface area contributed by atoms with Gasteiger partial charge in [0.2, 0.25) is 5.91 Å². The van der Waals surface area contributed by atoms with Crippen molar-refractivity contribution in [3.63, 3.8) is 0 Å². The Kier molecular flexibility index (Phi) is 4.21. The molecule has 1 aliphatic heterocycles. The third kappa shape index (κ3) is 3.43. The van der Waals surface area contributed by atoms with Crippen molar-refractivity contribution >= 4 is 23.4 Å². The molecule has 1 aromatic carbocycles. The number of amides is 1. The lowest BCUT2D eigenvalue weighted by molar-refractivity contribution is -0.120. The molecule has 2 aromatic rings. The molecule has 3 rings (SSSR count). The fourth-order valence-corrected chi connectivity index (χ4v) is 3.05. The Labute approximate surface area is 127 Å². The van der Waals surface area contributed by atoms with E-state index in [0.717, 1.165) is 28.8 Å². The topological polar surface area (TPSA) is 82.7 Å². The Bertz CT molecular complexity index is 598. The number of carbonyl (C=O) groups is 1. The highest BCUT2D eigenvalue weighted by Crippen LogP contribution is 2.25. The second-order valence-corrected chi connectivity index (χ2v) is 6.21. The molecule has 0 aliphatic carbocycles. The van der Waals surface area contributed by atoms with Gasteiger partial charge in [0.25, 0.3) is 0 Å². The quantitative estimate of drug-likeness (QED) is 0.801. The van der Waals surface area contributed by atoms with E-state index < -0.39 is 0 Å². The molecule has 110 valence electrons. The Morgan fingerprint density at radius 2 is 2.14 bits per heavy atom. The first-order chi connectivity index (χ1) is 10.2. The van der Waals surface area contributed by atoms with Crippen LogP contribution in [0.1, 0.15) is 6.92 Å². The summed E-state index contributed by atoms with van der Waals surface area (Å²) in [6.45, 7) is 3.76. The summed E-state index contributed by atoms with van der Waals surface area (Å²) < 4.78 is 0. The van der Waals surface area contributed by atoms with E-state index in [2.05, 4.69) is 32.7 Å². The van der Waals surface area contributed by atoms with Crippen LogP contribution >= 0.6 is 11.8 Å². The van der Waals surface area contributed by atoms with Crippen molar-refractivity contribution in [3.05, 3.63) is 30.6 Å². The van der Waals surface area contributed by atoms with E-state index in [4.69, 9.17) is 0 Å². The molecular weight excluding hydrogens is 286 g/mol. The number of benzene rings is 1. The molecule has 0 bridgehead atoms. The first-order valence-corrected chi connectivity index (χ1v) is 7.69. The van der Waals surface area contributed by atoms with Crippen LogP contribution in [-0.2, 0) is 4.79 Å². The van der Waals surface area contributed by atoms with E-state index >= 15 is 0 Å². The Morgan fingerprint density at radius 1 is 1.33 bits per heavy atom. The molecule has 21 heavy (non-hydrogen) atoms. The lowest BCUT2D eigenvalue weighted by atomic mass is 9.97. The zero-order chi connectivity index (χ0) is 14.7. The number of anilines is 1. The van der Waals surface area contributed by atoms with E-state index in [-0.39, 0.29) is 11.8 Å². The van der Waals surface area contributed by atoms with Gasteiger partial charge in [-0.1, -0.05) is 18.7 Å². The predicted molar refractivity (Wildman–Crippen MR) is 81.1 cm³/mol. The lowest BCUT2D eigenvalue weighted by Crippen LogP contribution is -2.27. The summed E-state index contributed by atoms with van der Waals surface area (Å²) in [6.07, 6.45) is 1.48. The summed E-state index contributed by atoms with van der Waals surface area (Å²) in [5, 5.41) is 13.6. The Hall–Kier alpha value is -1.86. The number of nitrogens with one attached hydrogen (secondary N) is 3. The van der Waals surface area contributed by atoms with Crippen molar-refractivity contribution in [2.24, 2.45) is 11.8 Å². The number of hydrogen-bond donors (Lipinski definition) is 3. The van der Waals surface area contributed by atoms with Gasteiger partial charge >= 0.3 is 0 Å². The van der Waals surface area contributed by atoms with Crippen LogP contribution in [0.2, 0.25) is 0 Å². The van der Waals surface area contributed by atoms with Crippen molar-refractivity contribution in [1.29, 1.82) is 0 Å². The predicted octanol–water partition coefficient (Wildman–Crippen LogP) is 1.75. The third-order valence-electron chi connectivity index (χ3n) is 3.58. The molecule has 1 amide bonds. The zero-order valence-electron chi connectivity index (χ0n) is 11.7. The van der Waals surface area contributed by atoms with Gasteiger partial charge in [0.05, 0.1) is 5.92 Å². The molecule has 2 heterocycles. The molecule has 7 heteroatoms. The monoisotopic (exact) mass is 303 g/mol. The normalized spacial score (nSPS) is 21.4. The van der Waals surface area contributed by atoms with Gasteiger partial charge in [0.15, 0.2) is 5.16 Å². The second-order valence-electron chi connectivity index (χ2n) is 5.15. The molecule has 1 fully saturated rings. The van der Waals surface area contributed by atoms with Crippen LogP contribution in [0.3, 0.4) is 0 Å². The van der Waals surface area contributed by atoms with Crippen LogP contribution in [0.15, 0.2) is 40.6 Å². The average Bonchev–Trinajstić information content (AvgIpc) is 3.12. The van der Waals surface area contributed by atoms with Crippen molar-refractivity contribution in [2.75, 3.05) is 18.4 Å². The van der Waals surface area contributed by atoms with Crippen molar-refractivity contribution in [1.82, 2.24) is 20.5 Å². The van der Waals surface area contributed by atoms with Crippen molar-refractivity contribution < 1.29 is 4.79 Å². The molecule has 0 spiro atoms. The molecule has 1 aromatic heterocycles. The maximum Gasteiger partial charge on any atom is 0.229 e. The van der Waals surface area contributed by atoms with Crippen LogP contribution in [-0.4, -0.2) is 34.2 Å². The fourth-order valence-electron chi connectivity index (χ4n) is 2.36. The van der Waals surface area contributed by atoms with Crippen LogP contribution in [0.25, 0.3) is 0 Å². The van der Waals surface area contributed by atoms with Gasteiger partial charge in [-0.2, -0.15) is 5.10 Å². The Morgan fingerprint density at radius 3 is 2.76 bits per heavy atom. The molecule has 0 radical (unpaired) electrons. The second kappa shape index (κ2) is 6.28. The molecule has 2 atom stereocenters. The molecule has 2 unspecified atom stereocenters. The van der Waals surface area contributed by atoms with Crippen molar-refractivity contribution in [2.45, 2.75) is 17.0 Å². The smallest absolute Gasteiger partial charge is 0.229 e. The van der Waals surface area contributed by atoms with Gasteiger partial charge in [-0.3, -0.25) is 9.89 Å². The minimum Gasteiger partial charge on any atom is -0.326 e. The highest BCUT2D eigenvalue weighted by atomic mass is 32.2. The molecule has 3 N–H and O–H groups in total. The number of carbonyl (C=O) groups excluding carboxylic acids is 1. The summed E-state index contributed by atoms with van der Waals surface area (Å²) in [5.74, 6) is 0.516. The largest absolute Gasteiger partial charge is 0.326 e. The van der Waals surface area contributed by atoms with Gasteiger partial charge in [-0.15, -0.1) is 0 Å². The highest BCUT2D eigenvalue weighted by molar-refractivity contribution is 7.99. The van der Waals surface area contributed by atoms with Gasteiger partial charge in [0.1, 0.15) is 6.33 Å². The Balaban J connectivity index is 1.60. The zero-order valence-corrected chi connectivity index (χ0v) is 12.5. The summed E-state index contributed by atoms with van der Waals surface area (Å²) in [5.41, 5.74) is 0.820. The maximum atomic E-state index is 12.2. The number of nitrogens with zero attached hydrogens (tertiary/aromatic N) is 2. The van der Waals surface area contributed by atoms with Gasteiger partial charge in [-0.05, 0) is 36.7 Å². The fraction of sp³-hybridized carbons (Fsp3) is 0.357. The summed E-state index contributed by atoms with van der Waals surface area (Å²) in [6, 6.07) is 7.73.